The van der Waals surface area contributed by atoms with Crippen LogP contribution in [0.3, 0.4) is 0 Å². The minimum atomic E-state index is 0.182. The highest BCUT2D eigenvalue weighted by Crippen LogP contribution is 2.37. The lowest BCUT2D eigenvalue weighted by Crippen LogP contribution is -2.31. The number of amides is 1. The van der Waals surface area contributed by atoms with Crippen molar-refractivity contribution in [2.45, 2.75) is 58.3 Å². The molecule has 0 unspecified atom stereocenters. The van der Waals surface area contributed by atoms with Crippen LogP contribution in [0, 0.1) is 0 Å². The first-order chi connectivity index (χ1) is 16.1. The Labute approximate surface area is 197 Å². The minimum Gasteiger partial charge on any atom is -0.496 e. The third-order valence-corrected chi connectivity index (χ3v) is 7.05. The van der Waals surface area contributed by atoms with Crippen LogP contribution in [0.15, 0.2) is 36.4 Å². The number of Topliss-reactive ketones (excluding diaryl/α,β-unsaturated/α-hetero) is 1. The Morgan fingerprint density at radius 3 is 2.73 bits per heavy atom. The molecule has 0 fully saturated rings. The van der Waals surface area contributed by atoms with Gasteiger partial charge in [-0.05, 0) is 80.1 Å². The molecule has 0 atom stereocenters. The maximum atomic E-state index is 12.8. The van der Waals surface area contributed by atoms with Crippen molar-refractivity contribution >= 4 is 17.4 Å². The quantitative estimate of drug-likeness (QED) is 0.344. The van der Waals surface area contributed by atoms with Crippen molar-refractivity contribution in [3.63, 3.8) is 0 Å². The molecule has 1 amide bonds. The second-order valence-electron chi connectivity index (χ2n) is 9.20. The van der Waals surface area contributed by atoms with Crippen molar-refractivity contribution in [3.05, 3.63) is 58.7 Å². The molecule has 5 nitrogen and oxygen atoms in total. The molecular weight excluding hydrogens is 412 g/mol. The maximum absolute atomic E-state index is 12.8. The highest BCUT2D eigenvalue weighted by atomic mass is 16.5. The van der Waals surface area contributed by atoms with Gasteiger partial charge in [0.1, 0.15) is 5.75 Å². The molecule has 2 aliphatic rings. The van der Waals surface area contributed by atoms with Crippen LogP contribution in [0.5, 0.6) is 5.75 Å². The zero-order valence-corrected chi connectivity index (χ0v) is 20.1. The summed E-state index contributed by atoms with van der Waals surface area (Å²) in [7, 11) is 1.73. The summed E-state index contributed by atoms with van der Waals surface area (Å²) in [6, 6.07) is 12.2. The van der Waals surface area contributed by atoms with Gasteiger partial charge in [-0.1, -0.05) is 31.5 Å². The molecule has 2 aliphatic heterocycles. The molecule has 0 bridgehead atoms. The van der Waals surface area contributed by atoms with Crippen LogP contribution in [0.25, 0.3) is 0 Å². The molecule has 2 aromatic carbocycles. The summed E-state index contributed by atoms with van der Waals surface area (Å²) in [4.78, 5) is 29.5. The molecule has 0 aromatic heterocycles. The van der Waals surface area contributed by atoms with Crippen LogP contribution < -0.4 is 9.64 Å². The SMILES string of the molecule is CCN(CCCCCC(=O)c1cc2c3c(c1)CC(=O)N3CCC2)CCc1ccccc1OC. The Balaban J connectivity index is 1.21. The number of aryl methyl sites for hydroxylation is 1. The second-order valence-corrected chi connectivity index (χ2v) is 9.20. The van der Waals surface area contributed by atoms with E-state index in [0.717, 1.165) is 87.3 Å². The monoisotopic (exact) mass is 448 g/mol. The van der Waals surface area contributed by atoms with Crippen molar-refractivity contribution in [1.29, 1.82) is 0 Å². The molecule has 176 valence electrons. The molecule has 0 aliphatic carbocycles. The molecule has 0 saturated heterocycles. The molecule has 0 saturated carbocycles. The Bertz CT molecular complexity index is 1000. The van der Waals surface area contributed by atoms with E-state index in [2.05, 4.69) is 24.0 Å². The molecule has 0 N–H and O–H groups in total. The second kappa shape index (κ2) is 11.0. The third-order valence-electron chi connectivity index (χ3n) is 7.05. The summed E-state index contributed by atoms with van der Waals surface area (Å²) in [6.07, 6.45) is 7.05. The van der Waals surface area contributed by atoms with Gasteiger partial charge in [0.05, 0.1) is 19.2 Å². The standard InChI is InChI=1S/C28H36N2O3/c1-3-29(17-14-21-10-6-7-13-26(21)33-2)15-8-4-5-12-25(31)23-18-22-11-9-16-30-27(32)20-24(19-23)28(22)30/h6-7,10,13,18-19H,3-5,8-9,11-12,14-17,20H2,1-2H3. The summed E-state index contributed by atoms with van der Waals surface area (Å²) >= 11 is 0. The molecule has 4 rings (SSSR count). The van der Waals surface area contributed by atoms with Crippen LogP contribution in [-0.4, -0.2) is 49.9 Å². The highest BCUT2D eigenvalue weighted by molar-refractivity contribution is 6.05. The largest absolute Gasteiger partial charge is 0.496 e. The van der Waals surface area contributed by atoms with Crippen molar-refractivity contribution in [2.75, 3.05) is 38.2 Å². The lowest BCUT2D eigenvalue weighted by molar-refractivity contribution is -0.117. The molecule has 5 heteroatoms. The van der Waals surface area contributed by atoms with E-state index in [-0.39, 0.29) is 11.7 Å². The number of nitrogens with zero attached hydrogens (tertiary/aromatic N) is 2. The Hall–Kier alpha value is -2.66. The van der Waals surface area contributed by atoms with Gasteiger partial charge in [0, 0.05) is 25.1 Å². The molecule has 33 heavy (non-hydrogen) atoms. The van der Waals surface area contributed by atoms with Gasteiger partial charge in [-0.2, -0.15) is 0 Å². The Morgan fingerprint density at radius 2 is 1.91 bits per heavy atom. The summed E-state index contributed by atoms with van der Waals surface area (Å²) in [6.45, 7) is 6.13. The van der Waals surface area contributed by atoms with Crippen LogP contribution in [0.2, 0.25) is 0 Å². The van der Waals surface area contributed by atoms with Crippen molar-refractivity contribution < 1.29 is 14.3 Å². The normalized spacial score (nSPS) is 14.6. The van der Waals surface area contributed by atoms with Gasteiger partial charge in [0.15, 0.2) is 5.78 Å². The van der Waals surface area contributed by atoms with E-state index >= 15 is 0 Å². The average Bonchev–Trinajstić information content (AvgIpc) is 3.17. The summed E-state index contributed by atoms with van der Waals surface area (Å²) in [5.41, 5.74) is 5.38. The topological polar surface area (TPSA) is 49.9 Å². The van der Waals surface area contributed by atoms with E-state index in [4.69, 9.17) is 4.74 Å². The van der Waals surface area contributed by atoms with E-state index < -0.39 is 0 Å². The van der Waals surface area contributed by atoms with Gasteiger partial charge in [0.25, 0.3) is 0 Å². The Morgan fingerprint density at radius 1 is 1.09 bits per heavy atom. The molecule has 2 aromatic rings. The summed E-state index contributed by atoms with van der Waals surface area (Å²) in [5, 5.41) is 0. The van der Waals surface area contributed by atoms with Gasteiger partial charge in [0.2, 0.25) is 5.91 Å². The highest BCUT2D eigenvalue weighted by Gasteiger charge is 2.32. The van der Waals surface area contributed by atoms with Gasteiger partial charge in [-0.25, -0.2) is 0 Å². The fourth-order valence-corrected chi connectivity index (χ4v) is 5.20. The molecule has 2 heterocycles. The predicted octanol–water partition coefficient (Wildman–Crippen LogP) is 4.84. The number of carbonyl (C=O) groups excluding carboxylic acids is 2. The lowest BCUT2D eigenvalue weighted by Gasteiger charge is -2.25. The number of hydrogen-bond acceptors (Lipinski definition) is 4. The maximum Gasteiger partial charge on any atom is 0.231 e. The molecule has 0 radical (unpaired) electrons. The van der Waals surface area contributed by atoms with Crippen LogP contribution in [0.4, 0.5) is 5.69 Å². The van der Waals surface area contributed by atoms with Gasteiger partial charge in [-0.15, -0.1) is 0 Å². The number of carbonyl (C=O) groups is 2. The first-order valence-corrected chi connectivity index (χ1v) is 12.4. The van der Waals surface area contributed by atoms with E-state index in [1.165, 1.54) is 11.1 Å². The number of ketones is 1. The molecule has 0 spiro atoms. The van der Waals surface area contributed by atoms with Gasteiger partial charge in [-0.3, -0.25) is 9.59 Å². The number of para-hydroxylation sites is 1. The fourth-order valence-electron chi connectivity index (χ4n) is 5.20. The third kappa shape index (κ3) is 5.47. The number of unbranched alkanes of at least 4 members (excludes halogenated alkanes) is 2. The lowest BCUT2D eigenvalue weighted by atomic mass is 9.94. The smallest absolute Gasteiger partial charge is 0.231 e. The number of rotatable bonds is 12. The van der Waals surface area contributed by atoms with E-state index in [9.17, 15) is 9.59 Å². The van der Waals surface area contributed by atoms with Gasteiger partial charge >= 0.3 is 0 Å². The Kier molecular flexibility index (Phi) is 7.81. The van der Waals surface area contributed by atoms with E-state index in [1.807, 2.05) is 29.2 Å². The summed E-state index contributed by atoms with van der Waals surface area (Å²) < 4.78 is 5.47. The van der Waals surface area contributed by atoms with Gasteiger partial charge < -0.3 is 14.5 Å². The summed E-state index contributed by atoms with van der Waals surface area (Å²) in [5.74, 6) is 1.36. The zero-order chi connectivity index (χ0) is 23.2. The van der Waals surface area contributed by atoms with Crippen LogP contribution in [0.1, 0.15) is 66.1 Å². The average molecular weight is 449 g/mol. The first-order valence-electron chi connectivity index (χ1n) is 12.4. The van der Waals surface area contributed by atoms with E-state index in [0.29, 0.717) is 12.8 Å². The van der Waals surface area contributed by atoms with Crippen LogP contribution in [-0.2, 0) is 24.1 Å². The van der Waals surface area contributed by atoms with Crippen molar-refractivity contribution in [3.8, 4) is 5.75 Å². The fraction of sp³-hybridized carbons (Fsp3) is 0.500. The number of methoxy groups -OCH3 is 1. The number of ether oxygens (including phenoxy) is 1. The van der Waals surface area contributed by atoms with E-state index in [1.54, 1.807) is 7.11 Å². The van der Waals surface area contributed by atoms with Crippen molar-refractivity contribution in [2.24, 2.45) is 0 Å². The first kappa shape index (κ1) is 23.5. The number of likely N-dealkylation sites (N-methyl/N-ethyl adjacent to an activating group) is 1. The zero-order valence-electron chi connectivity index (χ0n) is 20.1. The number of hydrogen-bond donors (Lipinski definition) is 0. The number of benzene rings is 2. The predicted molar refractivity (Wildman–Crippen MR) is 132 cm³/mol. The van der Waals surface area contributed by atoms with Crippen LogP contribution >= 0.6 is 0 Å². The number of anilines is 1. The van der Waals surface area contributed by atoms with Crippen molar-refractivity contribution in [1.82, 2.24) is 4.90 Å². The minimum absolute atomic E-state index is 0.182. The molecular formula is C28H36N2O3.